The Kier molecular flexibility index (Phi) is 4.76. The molecule has 0 saturated heterocycles. The maximum atomic E-state index is 15.6. The van der Waals surface area contributed by atoms with Gasteiger partial charge in [0.2, 0.25) is 0 Å². The highest BCUT2D eigenvalue weighted by molar-refractivity contribution is 6.17. The van der Waals surface area contributed by atoms with E-state index in [1.165, 1.54) is 24.5 Å². The average Bonchev–Trinajstić information content (AvgIpc) is 3.42. The maximum absolute atomic E-state index is 15.6. The van der Waals surface area contributed by atoms with Crippen molar-refractivity contribution in [3.05, 3.63) is 77.4 Å². The number of aliphatic hydroxyl groups is 1. The predicted molar refractivity (Wildman–Crippen MR) is 99.1 cm³/mol. The monoisotopic (exact) mass is 417 g/mol. The number of hydrogen-bond acceptors (Lipinski definition) is 6. The van der Waals surface area contributed by atoms with E-state index in [1.54, 1.807) is 0 Å². The summed E-state index contributed by atoms with van der Waals surface area (Å²) in [6.45, 7) is 0. The number of H-pyrrole nitrogens is 1. The zero-order chi connectivity index (χ0) is 21.4. The highest BCUT2D eigenvalue weighted by Crippen LogP contribution is 2.47. The third-order valence-corrected chi connectivity index (χ3v) is 4.58. The van der Waals surface area contributed by atoms with E-state index < -0.39 is 40.8 Å². The van der Waals surface area contributed by atoms with E-state index in [-0.39, 0.29) is 11.4 Å². The zero-order valence-electron chi connectivity index (χ0n) is 15.1. The lowest BCUT2D eigenvalue weighted by molar-refractivity contribution is -0.199. The third-order valence-electron chi connectivity index (χ3n) is 4.58. The Morgan fingerprint density at radius 3 is 2.57 bits per heavy atom. The van der Waals surface area contributed by atoms with Crippen LogP contribution in [0.3, 0.4) is 0 Å². The van der Waals surface area contributed by atoms with E-state index in [0.717, 1.165) is 29.5 Å². The highest BCUT2D eigenvalue weighted by atomic mass is 19.3. The van der Waals surface area contributed by atoms with Gasteiger partial charge in [0.25, 0.3) is 0 Å². The summed E-state index contributed by atoms with van der Waals surface area (Å²) in [5, 5.41) is 25.9. The van der Waals surface area contributed by atoms with Crippen LogP contribution in [-0.4, -0.2) is 32.7 Å². The number of nitrogens with zero attached hydrogens (tertiary/aromatic N) is 5. The number of pyridine rings is 1. The van der Waals surface area contributed by atoms with Gasteiger partial charge in [-0.25, -0.2) is 8.78 Å². The van der Waals surface area contributed by atoms with E-state index in [4.69, 9.17) is 0 Å². The summed E-state index contributed by atoms with van der Waals surface area (Å²) >= 11 is 0. The van der Waals surface area contributed by atoms with Crippen LogP contribution < -0.4 is 5.12 Å². The molecular formula is C19H13F4N6O+. The van der Waals surface area contributed by atoms with Crippen molar-refractivity contribution in [2.45, 2.75) is 17.9 Å². The fourth-order valence-electron chi connectivity index (χ4n) is 3.07. The van der Waals surface area contributed by atoms with Gasteiger partial charge in [-0.05, 0) is 24.3 Å². The zero-order valence-corrected chi connectivity index (χ0v) is 15.1. The van der Waals surface area contributed by atoms with Gasteiger partial charge in [-0.1, -0.05) is 16.3 Å². The van der Waals surface area contributed by atoms with Crippen molar-refractivity contribution in [1.29, 1.82) is 0 Å². The quantitative estimate of drug-likeness (QED) is 0.477. The number of anilines is 1. The molecule has 1 unspecified atom stereocenters. The molecule has 3 heterocycles. The minimum absolute atomic E-state index is 0.119. The highest BCUT2D eigenvalue weighted by Gasteiger charge is 2.57. The van der Waals surface area contributed by atoms with E-state index in [9.17, 15) is 13.9 Å². The Bertz CT molecular complexity index is 1090. The van der Waals surface area contributed by atoms with E-state index >= 15 is 8.78 Å². The molecule has 152 valence electrons. The topological polar surface area (TPSA) is 89.8 Å². The van der Waals surface area contributed by atoms with Gasteiger partial charge in [0.05, 0.1) is 6.20 Å². The van der Waals surface area contributed by atoms with Crippen molar-refractivity contribution >= 4 is 18.1 Å². The Balaban J connectivity index is 1.78. The van der Waals surface area contributed by atoms with Gasteiger partial charge in [-0.2, -0.15) is 13.9 Å². The summed E-state index contributed by atoms with van der Waals surface area (Å²) in [4.78, 5) is 3.73. The fourth-order valence-corrected chi connectivity index (χ4v) is 3.07. The summed E-state index contributed by atoms with van der Waals surface area (Å²) in [6.07, 6.45) is 5.38. The molecule has 2 N–H and O–H groups in total. The summed E-state index contributed by atoms with van der Waals surface area (Å²) in [7, 11) is 0. The molecule has 0 aliphatic carbocycles. The molecule has 11 heteroatoms. The van der Waals surface area contributed by atoms with Gasteiger partial charge in [-0.3, -0.25) is 10.1 Å². The molecule has 0 bridgehead atoms. The van der Waals surface area contributed by atoms with Gasteiger partial charge in [0.1, 0.15) is 28.1 Å². The van der Waals surface area contributed by atoms with Crippen LogP contribution in [0, 0.1) is 11.6 Å². The Morgan fingerprint density at radius 2 is 1.97 bits per heavy atom. The van der Waals surface area contributed by atoms with E-state index in [1.807, 2.05) is 0 Å². The van der Waals surface area contributed by atoms with Crippen molar-refractivity contribution < 1.29 is 22.7 Å². The molecule has 0 amide bonds. The van der Waals surface area contributed by atoms with Gasteiger partial charge < -0.3 is 5.11 Å². The van der Waals surface area contributed by atoms with Crippen LogP contribution in [0.5, 0.6) is 0 Å². The molecule has 0 spiro atoms. The van der Waals surface area contributed by atoms with Crippen LogP contribution in [0.2, 0.25) is 0 Å². The number of hydrogen-bond donors (Lipinski definition) is 2. The van der Waals surface area contributed by atoms with E-state index in [0.29, 0.717) is 6.07 Å². The van der Waals surface area contributed by atoms with Crippen LogP contribution in [0.15, 0.2) is 59.0 Å². The first-order chi connectivity index (χ1) is 14.3. The average molecular weight is 417 g/mol. The normalized spacial score (nSPS) is 15.3. The van der Waals surface area contributed by atoms with Gasteiger partial charge >= 0.3 is 18.4 Å². The molecule has 1 atom stereocenters. The number of halogens is 4. The first-order valence-corrected chi connectivity index (χ1v) is 8.60. The lowest BCUT2D eigenvalue weighted by atomic mass is 9.81. The minimum atomic E-state index is -4.07. The number of nitrogens with one attached hydrogen (secondary N) is 1. The second kappa shape index (κ2) is 7.29. The summed E-state index contributed by atoms with van der Waals surface area (Å²) in [5.41, 5.74) is -4.30. The molecule has 7 nitrogen and oxygen atoms in total. The first-order valence-electron chi connectivity index (χ1n) is 8.60. The second-order valence-corrected chi connectivity index (χ2v) is 6.48. The van der Waals surface area contributed by atoms with Crippen LogP contribution >= 0.6 is 0 Å². The van der Waals surface area contributed by atoms with Crippen molar-refractivity contribution in [2.24, 2.45) is 10.2 Å². The number of rotatable bonds is 6. The minimum Gasteiger partial charge on any atom is -0.378 e. The third kappa shape index (κ3) is 3.30. The van der Waals surface area contributed by atoms with Crippen LogP contribution in [0.25, 0.3) is 0 Å². The van der Waals surface area contributed by atoms with Crippen molar-refractivity contribution in [3.8, 4) is 0 Å². The van der Waals surface area contributed by atoms with Crippen LogP contribution in [0.1, 0.15) is 17.0 Å². The maximum Gasteiger partial charge on any atom is 0.445 e. The van der Waals surface area contributed by atoms with E-state index in [2.05, 4.69) is 31.6 Å². The molecular weight excluding hydrogens is 404 g/mol. The molecule has 30 heavy (non-hydrogen) atoms. The summed E-state index contributed by atoms with van der Waals surface area (Å²) < 4.78 is 59.0. The van der Waals surface area contributed by atoms with Crippen molar-refractivity contribution in [3.63, 3.8) is 0 Å². The molecule has 2 aromatic heterocycles. The molecule has 4 rings (SSSR count). The van der Waals surface area contributed by atoms with Gasteiger partial charge in [0.15, 0.2) is 5.60 Å². The molecule has 1 aliphatic rings. The lowest BCUT2D eigenvalue weighted by Crippen LogP contribution is -2.46. The van der Waals surface area contributed by atoms with Gasteiger partial charge in [-0.15, -0.1) is 0 Å². The smallest absolute Gasteiger partial charge is 0.378 e. The largest absolute Gasteiger partial charge is 0.445 e. The Labute approximate surface area is 167 Å². The molecule has 0 fully saturated rings. The predicted octanol–water partition coefficient (Wildman–Crippen LogP) is 2.97. The van der Waals surface area contributed by atoms with Crippen molar-refractivity contribution in [1.82, 2.24) is 15.2 Å². The summed E-state index contributed by atoms with van der Waals surface area (Å²) in [5.74, 6) is -6.35. The van der Waals surface area contributed by atoms with Crippen LogP contribution in [0.4, 0.5) is 23.2 Å². The summed E-state index contributed by atoms with van der Waals surface area (Å²) in [6, 6.07) is 5.61. The second-order valence-electron chi connectivity index (χ2n) is 6.48. The Hall–Kier alpha value is -3.69. The molecule has 1 aliphatic heterocycles. The molecule has 3 aromatic rings. The molecule has 1 aromatic carbocycles. The number of alkyl halides is 2. The lowest BCUT2D eigenvalue weighted by Gasteiger charge is -2.36. The standard InChI is InChI=1S/C19H13F4N6O/c20-12-1-3-15(16(21)9-12)18(30,10-13-5-6-25-28-13)19(22,23)17-4-2-14(11-24-17)29-26-7-8-27-29/h1-7,9,11,30H,10H2,(H,25,28)/q+1. The SMILES string of the molecule is OC(Cc1ccn[nH]1)(c1ccc(F)cc1F)C(F)(F)c1ccc(N2N=[C+]C=N2)cn1. The van der Waals surface area contributed by atoms with Crippen LogP contribution in [-0.2, 0) is 17.9 Å². The molecule has 0 saturated carbocycles. The molecule has 0 radical (unpaired) electrons. The fraction of sp³-hybridized carbons (Fsp3) is 0.158. The van der Waals surface area contributed by atoms with Gasteiger partial charge in [0, 0.05) is 29.9 Å². The Morgan fingerprint density at radius 1 is 1.13 bits per heavy atom. The first kappa shape index (κ1) is 19.6. The number of aromatic nitrogens is 3. The van der Waals surface area contributed by atoms with Crippen molar-refractivity contribution in [2.75, 3.05) is 5.12 Å². The number of benzene rings is 1. The number of hydrazone groups is 2. The number of aromatic amines is 1.